The van der Waals surface area contributed by atoms with E-state index in [0.29, 0.717) is 83.9 Å². The number of carbonyl (C=O) groups excluding carboxylic acids is 5. The molecule has 1 amide bonds. The number of carbonyl (C=O) groups is 5. The number of hydrogen-bond donors (Lipinski definition) is 2. The van der Waals surface area contributed by atoms with Crippen molar-refractivity contribution in [2.45, 2.75) is 194 Å². The van der Waals surface area contributed by atoms with Gasteiger partial charge in [0.05, 0.1) is 67.3 Å². The molecule has 10 aliphatic rings. The van der Waals surface area contributed by atoms with Crippen molar-refractivity contribution in [3.8, 4) is 96.5 Å². The van der Waals surface area contributed by atoms with Gasteiger partial charge in [-0.3, -0.25) is 43.9 Å². The SMILES string of the molecule is COc1ccccc1-c1cnc(CC(=O)C2(c3ccc4c(c3)OCO4)CC2)c(C)c1C.Cc1c(-c2cccc(C(C)C)c2)cnc(CC(=O)C2(c3ccc4c(c3)OCO4)CC2)c1C.NC(=O)C1CCCN(S(=O)(=O)c2ccc(-c3cccc(CC(=O)C4(c5ccc6c(c5)OCO6)CC4)n3)cc2)C1.O=C(Cc1cccc(-c2ccc(S(=O)(=O)NC3CCC3)cc2)n1)C1(c2ccc3c(c2)OCO3)CC1.[HH].[HH].[HH]. The summed E-state index contributed by atoms with van der Waals surface area (Å²) in [6.45, 7) is 14.1. The highest BCUT2D eigenvalue weighted by Crippen LogP contribution is 2.56. The molecule has 25 nitrogen and oxygen atoms in total. The number of sulfonamides is 2. The van der Waals surface area contributed by atoms with E-state index in [4.69, 9.17) is 68.3 Å². The van der Waals surface area contributed by atoms with Crippen molar-refractivity contribution in [1.82, 2.24) is 29.0 Å². The summed E-state index contributed by atoms with van der Waals surface area (Å²) in [5.74, 6) is 6.78. The quantitative estimate of drug-likeness (QED) is 0.0460. The summed E-state index contributed by atoms with van der Waals surface area (Å²) in [5, 5.41) is 0. The van der Waals surface area contributed by atoms with Gasteiger partial charge in [0.1, 0.15) is 28.9 Å². The average Bonchev–Trinajstić information content (AvgIpc) is 1.62. The average molecular weight is 1890 g/mol. The van der Waals surface area contributed by atoms with Crippen molar-refractivity contribution in [3.05, 3.63) is 291 Å². The number of pyridine rings is 4. The van der Waals surface area contributed by atoms with E-state index in [-0.39, 0.29) is 89.8 Å². The predicted molar refractivity (Wildman–Crippen MR) is 522 cm³/mol. The Hall–Kier alpha value is -13.5. The minimum absolute atomic E-state index is 0. The van der Waals surface area contributed by atoms with Crippen molar-refractivity contribution in [2.75, 3.05) is 47.4 Å². The third-order valence-corrected chi connectivity index (χ3v) is 32.4. The van der Waals surface area contributed by atoms with Crippen LogP contribution in [0.15, 0.2) is 228 Å². The smallest absolute Gasteiger partial charge is 0.243 e. The van der Waals surface area contributed by atoms with E-state index in [1.807, 2.05) is 153 Å². The number of methoxy groups -OCH3 is 1. The van der Waals surface area contributed by atoms with E-state index in [1.54, 1.807) is 55.6 Å². The second-order valence-electron chi connectivity index (χ2n) is 37.6. The molecule has 710 valence electrons. The maximum atomic E-state index is 13.4. The zero-order valence-electron chi connectivity index (χ0n) is 77.8. The van der Waals surface area contributed by atoms with Gasteiger partial charge in [0.2, 0.25) is 53.1 Å². The third kappa shape index (κ3) is 18.9. The fraction of sp³-hybridized carbons (Fsp3) is 0.336. The Morgan fingerprint density at radius 1 is 0.438 bits per heavy atom. The molecular formula is C110H115N7O18S2. The summed E-state index contributed by atoms with van der Waals surface area (Å²) in [7, 11) is -5.59. The number of amides is 1. The van der Waals surface area contributed by atoms with E-state index in [1.165, 1.54) is 21.0 Å². The highest BCUT2D eigenvalue weighted by Gasteiger charge is 2.55. The van der Waals surface area contributed by atoms with Gasteiger partial charge >= 0.3 is 0 Å². The zero-order chi connectivity index (χ0) is 95.3. The first kappa shape index (κ1) is 92.6. The van der Waals surface area contributed by atoms with E-state index in [0.717, 1.165) is 178 Å². The van der Waals surface area contributed by atoms with Crippen molar-refractivity contribution in [1.29, 1.82) is 0 Å². The maximum Gasteiger partial charge on any atom is 0.243 e. The molecule has 12 aromatic rings. The number of Topliss-reactive ketones (excluding diaryl/α,β-unsaturated/α-hetero) is 4. The van der Waals surface area contributed by atoms with Gasteiger partial charge in [-0.1, -0.05) is 123 Å². The van der Waals surface area contributed by atoms with Crippen LogP contribution in [0.25, 0.3) is 44.8 Å². The van der Waals surface area contributed by atoms with E-state index >= 15 is 0 Å². The number of hydrogen-bond acceptors (Lipinski definition) is 22. The number of benzene rings is 8. The number of nitrogens with zero attached hydrogens (tertiary/aromatic N) is 5. The van der Waals surface area contributed by atoms with Crippen LogP contribution in [0.4, 0.5) is 0 Å². The number of ether oxygens (including phenoxy) is 9. The second kappa shape index (κ2) is 37.9. The van der Waals surface area contributed by atoms with Crippen LogP contribution in [-0.2, 0) is 91.4 Å². The Balaban J connectivity index is 0.000000134. The molecule has 6 fully saturated rings. The number of nitrogens with two attached hydrogens (primary N) is 1. The largest absolute Gasteiger partial charge is 0.496 e. The molecule has 8 aromatic carbocycles. The lowest BCUT2D eigenvalue weighted by atomic mass is 9.87. The molecule has 22 rings (SSSR count). The van der Waals surface area contributed by atoms with Crippen LogP contribution in [0.3, 0.4) is 0 Å². The molecule has 0 radical (unpaired) electrons. The molecule has 3 N–H and O–H groups in total. The van der Waals surface area contributed by atoms with Gasteiger partial charge in [0.25, 0.3) is 0 Å². The molecule has 5 aliphatic heterocycles. The number of piperidine rings is 1. The van der Waals surface area contributed by atoms with Gasteiger partial charge in [-0.2, -0.15) is 4.31 Å². The Bertz CT molecular complexity index is 7000. The molecular weight excluding hydrogens is 1770 g/mol. The number of aromatic nitrogens is 4. The monoisotopic (exact) mass is 1890 g/mol. The standard InChI is InChI=1S/C29H29N3O6S.C28H29NO3.C27H26N2O5S.C26H25NO4.3H2/c30-28(34)20-3-2-14-32(17-20)39(35,36)23-9-6-19(7-10-23)24-5-1-4-22(31-24)16-27(33)29(12-13-29)21-8-11-25-26(15-21)38-18-37-25;1-17(2)20-6-5-7-21(12-20)23-15-29-24(19(4)18(23)3)14-27(30)28(10-11-28)22-8-9-25-26(13-22)32-16-31-25;30-26(27(13-14-27)19-9-12-24-25(15-19)34-17-33-24)16-21-5-2-6-23(28-21)18-7-10-22(11-8-18)35(31,32)29-20-3-1-4-20;1-16-17(2)21(27-14-20(16)19-6-4-5-7-22(19)29-3)13-25(28)26(10-11-26)18-8-9-23-24(12-18)31-15-30-23;;;/h1,4-11,15,20H,2-3,12-14,16-18H2,(H2,30,34);5-9,12-13,15,17H,10-11,14,16H2,1-4H3;2,5-12,15,20,29H,1,3-4,13-14,16-17H2;4-9,12,14H,10-11,13,15H2,1-3H3;3*1H. The molecule has 137 heavy (non-hydrogen) atoms. The number of rotatable bonds is 28. The topological polar surface area (TPSA) is 330 Å². The van der Waals surface area contributed by atoms with Crippen LogP contribution in [0.1, 0.15) is 180 Å². The van der Waals surface area contributed by atoms with Crippen LogP contribution in [-0.4, -0.2) is 124 Å². The van der Waals surface area contributed by atoms with E-state index < -0.39 is 53.5 Å². The maximum absolute atomic E-state index is 13.4. The highest BCUT2D eigenvalue weighted by molar-refractivity contribution is 7.89. The Morgan fingerprint density at radius 2 is 0.847 bits per heavy atom. The number of para-hydroxylation sites is 1. The van der Waals surface area contributed by atoms with Crippen molar-refractivity contribution in [2.24, 2.45) is 11.7 Å². The molecule has 5 saturated carbocycles. The first-order valence-corrected chi connectivity index (χ1v) is 49.9. The molecule has 0 bridgehead atoms. The molecule has 1 unspecified atom stereocenters. The van der Waals surface area contributed by atoms with Crippen LogP contribution in [0.5, 0.6) is 51.7 Å². The fourth-order valence-electron chi connectivity index (χ4n) is 19.3. The molecule has 1 atom stereocenters. The van der Waals surface area contributed by atoms with Crippen LogP contribution < -0.4 is 53.1 Å². The van der Waals surface area contributed by atoms with Crippen molar-refractivity contribution >= 4 is 49.1 Å². The lowest BCUT2D eigenvalue weighted by Crippen LogP contribution is -2.44. The van der Waals surface area contributed by atoms with Crippen LogP contribution >= 0.6 is 0 Å². The summed E-state index contributed by atoms with van der Waals surface area (Å²) in [6.07, 6.45) is 15.7. The van der Waals surface area contributed by atoms with Crippen molar-refractivity contribution < 1.29 is 87.7 Å². The Labute approximate surface area is 802 Å². The van der Waals surface area contributed by atoms with Gasteiger partial charge in [-0.25, -0.2) is 21.6 Å². The fourth-order valence-corrected chi connectivity index (χ4v) is 22.1. The lowest BCUT2D eigenvalue weighted by molar-refractivity contribution is -0.123. The highest BCUT2D eigenvalue weighted by atomic mass is 32.2. The number of fused-ring (bicyclic) bond motifs is 4. The summed E-state index contributed by atoms with van der Waals surface area (Å²) < 4.78 is 105. The first-order chi connectivity index (χ1) is 66.1. The molecule has 1 saturated heterocycles. The van der Waals surface area contributed by atoms with Crippen LogP contribution in [0, 0.1) is 33.6 Å². The molecule has 4 aromatic heterocycles. The minimum atomic E-state index is -3.75. The zero-order valence-corrected chi connectivity index (χ0v) is 79.4. The molecule has 27 heteroatoms. The summed E-state index contributed by atoms with van der Waals surface area (Å²) in [5.41, 5.74) is 23.7. The summed E-state index contributed by atoms with van der Waals surface area (Å²) in [4.78, 5) is 84.4. The van der Waals surface area contributed by atoms with Gasteiger partial charge < -0.3 is 48.4 Å². The van der Waals surface area contributed by atoms with E-state index in [2.05, 4.69) is 63.6 Å². The summed E-state index contributed by atoms with van der Waals surface area (Å²) >= 11 is 0. The molecule has 9 heterocycles. The van der Waals surface area contributed by atoms with E-state index in [9.17, 15) is 40.8 Å². The van der Waals surface area contributed by atoms with Gasteiger partial charge in [-0.05, 0) is 269 Å². The Kier molecular flexibility index (Phi) is 25.6. The number of nitrogens with one attached hydrogen (secondary N) is 1. The molecule has 0 spiro atoms. The number of ketones is 4. The number of primary amides is 1. The Morgan fingerprint density at radius 3 is 1.26 bits per heavy atom. The van der Waals surface area contributed by atoms with Crippen molar-refractivity contribution in [3.63, 3.8) is 0 Å². The first-order valence-electron chi connectivity index (χ1n) is 46.9. The van der Waals surface area contributed by atoms with Crippen LogP contribution in [0.2, 0.25) is 0 Å². The third-order valence-electron chi connectivity index (χ3n) is 29.0. The predicted octanol–water partition coefficient (Wildman–Crippen LogP) is 19.1. The molecule has 5 aliphatic carbocycles. The van der Waals surface area contributed by atoms with Gasteiger partial charge in [0, 0.05) is 101 Å². The second-order valence-corrected chi connectivity index (χ2v) is 41.3. The summed E-state index contributed by atoms with van der Waals surface area (Å²) in [6, 6.07) is 64.3. The van der Waals surface area contributed by atoms with Gasteiger partial charge in [0.15, 0.2) is 46.0 Å². The normalized spacial score (nSPS) is 17.5. The minimum Gasteiger partial charge on any atom is -0.496 e. The lowest BCUT2D eigenvalue weighted by Gasteiger charge is -2.30. The van der Waals surface area contributed by atoms with Gasteiger partial charge in [-0.15, -0.1) is 0 Å².